The summed E-state index contributed by atoms with van der Waals surface area (Å²) in [5.74, 6) is 2.09. The summed E-state index contributed by atoms with van der Waals surface area (Å²) in [6, 6.07) is 6.20. The highest BCUT2D eigenvalue weighted by Gasteiger charge is 2.52. The molecule has 142 valence electrons. The van der Waals surface area contributed by atoms with Crippen LogP contribution in [0.4, 0.5) is 5.82 Å². The molecule has 0 bridgehead atoms. The van der Waals surface area contributed by atoms with E-state index in [1.165, 1.54) is 58.7 Å². The Labute approximate surface area is 155 Å². The van der Waals surface area contributed by atoms with E-state index in [2.05, 4.69) is 38.9 Å². The van der Waals surface area contributed by atoms with Gasteiger partial charge in [0, 0.05) is 44.3 Å². The predicted molar refractivity (Wildman–Crippen MR) is 108 cm³/mol. The van der Waals surface area contributed by atoms with Crippen molar-refractivity contribution in [3.05, 3.63) is 24.4 Å². The minimum Gasteiger partial charge on any atom is -0.355 e. The molecule has 4 rings (SSSR count). The SMILES string of the molecule is CC.CC.CN1CCC(CN2CC3(C2)CN(c2ccccn2)C3)CC1. The maximum Gasteiger partial charge on any atom is 0.128 e. The Morgan fingerprint density at radius 3 is 2.20 bits per heavy atom. The normalized spacial score (nSPS) is 22.8. The third kappa shape index (κ3) is 4.95. The van der Waals surface area contributed by atoms with E-state index in [9.17, 15) is 0 Å². The van der Waals surface area contributed by atoms with E-state index in [0.29, 0.717) is 5.41 Å². The average Bonchev–Trinajstić information content (AvgIpc) is 2.62. The van der Waals surface area contributed by atoms with Crippen LogP contribution in [0.3, 0.4) is 0 Å². The Balaban J connectivity index is 0.000000528. The Morgan fingerprint density at radius 2 is 1.64 bits per heavy atom. The molecule has 3 fully saturated rings. The fourth-order valence-corrected chi connectivity index (χ4v) is 4.31. The van der Waals surface area contributed by atoms with Crippen molar-refractivity contribution in [3.63, 3.8) is 0 Å². The maximum absolute atomic E-state index is 4.45. The van der Waals surface area contributed by atoms with E-state index in [1.807, 2.05) is 40.0 Å². The van der Waals surface area contributed by atoms with Gasteiger partial charge in [0.05, 0.1) is 0 Å². The molecule has 4 heteroatoms. The van der Waals surface area contributed by atoms with Gasteiger partial charge in [0.15, 0.2) is 0 Å². The lowest BCUT2D eigenvalue weighted by molar-refractivity contribution is -0.0354. The molecule has 1 aromatic heterocycles. The Bertz CT molecular complexity index is 468. The van der Waals surface area contributed by atoms with E-state index >= 15 is 0 Å². The first-order chi connectivity index (χ1) is 12.2. The van der Waals surface area contributed by atoms with Gasteiger partial charge in [-0.1, -0.05) is 33.8 Å². The zero-order valence-electron chi connectivity index (χ0n) is 17.0. The molecule has 0 N–H and O–H groups in total. The summed E-state index contributed by atoms with van der Waals surface area (Å²) in [6.45, 7) is 16.9. The van der Waals surface area contributed by atoms with Crippen molar-refractivity contribution in [2.24, 2.45) is 11.3 Å². The van der Waals surface area contributed by atoms with E-state index in [0.717, 1.165) is 11.7 Å². The third-order valence-corrected chi connectivity index (χ3v) is 5.50. The van der Waals surface area contributed by atoms with Crippen LogP contribution in [0.5, 0.6) is 0 Å². The van der Waals surface area contributed by atoms with Crippen molar-refractivity contribution in [1.29, 1.82) is 0 Å². The lowest BCUT2D eigenvalue weighted by Gasteiger charge is -2.61. The molecule has 1 aromatic rings. The molecule has 0 radical (unpaired) electrons. The number of hydrogen-bond acceptors (Lipinski definition) is 4. The van der Waals surface area contributed by atoms with Crippen LogP contribution in [0.2, 0.25) is 0 Å². The largest absolute Gasteiger partial charge is 0.355 e. The highest BCUT2D eigenvalue weighted by molar-refractivity contribution is 5.43. The average molecular weight is 347 g/mol. The lowest BCUT2D eigenvalue weighted by atomic mass is 9.72. The molecular weight excluding hydrogens is 308 g/mol. The summed E-state index contributed by atoms with van der Waals surface area (Å²) >= 11 is 0. The quantitative estimate of drug-likeness (QED) is 0.834. The number of likely N-dealkylation sites (tertiary alicyclic amines) is 2. The summed E-state index contributed by atoms with van der Waals surface area (Å²) in [5.41, 5.74) is 0.586. The second kappa shape index (κ2) is 9.54. The zero-order chi connectivity index (χ0) is 18.3. The molecule has 3 aliphatic heterocycles. The summed E-state index contributed by atoms with van der Waals surface area (Å²) in [5, 5.41) is 0. The van der Waals surface area contributed by atoms with Crippen LogP contribution in [-0.4, -0.2) is 67.6 Å². The van der Waals surface area contributed by atoms with E-state index in [-0.39, 0.29) is 0 Å². The van der Waals surface area contributed by atoms with Crippen LogP contribution in [0.25, 0.3) is 0 Å². The van der Waals surface area contributed by atoms with Crippen molar-refractivity contribution < 1.29 is 0 Å². The number of anilines is 1. The Morgan fingerprint density at radius 1 is 1.00 bits per heavy atom. The van der Waals surface area contributed by atoms with Gasteiger partial charge in [0.25, 0.3) is 0 Å². The first kappa shape index (κ1) is 20.2. The van der Waals surface area contributed by atoms with Crippen molar-refractivity contribution >= 4 is 5.82 Å². The van der Waals surface area contributed by atoms with Gasteiger partial charge >= 0.3 is 0 Å². The molecule has 0 amide bonds. The summed E-state index contributed by atoms with van der Waals surface area (Å²) in [4.78, 5) is 12.0. The van der Waals surface area contributed by atoms with Crippen LogP contribution in [0.15, 0.2) is 24.4 Å². The monoisotopic (exact) mass is 346 g/mol. The maximum atomic E-state index is 4.45. The van der Waals surface area contributed by atoms with Gasteiger partial charge in [0.1, 0.15) is 5.82 Å². The predicted octanol–water partition coefficient (Wildman–Crippen LogP) is 3.60. The molecule has 4 nitrogen and oxygen atoms in total. The number of pyridine rings is 1. The van der Waals surface area contributed by atoms with E-state index < -0.39 is 0 Å². The van der Waals surface area contributed by atoms with Crippen LogP contribution in [-0.2, 0) is 0 Å². The number of nitrogens with zero attached hydrogens (tertiary/aromatic N) is 4. The molecule has 3 aliphatic rings. The fourth-order valence-electron chi connectivity index (χ4n) is 4.31. The van der Waals surface area contributed by atoms with Crippen LogP contribution in [0.1, 0.15) is 40.5 Å². The third-order valence-electron chi connectivity index (χ3n) is 5.50. The van der Waals surface area contributed by atoms with Gasteiger partial charge in [-0.15, -0.1) is 0 Å². The number of piperidine rings is 1. The molecule has 0 atom stereocenters. The second-order valence-electron chi connectivity index (χ2n) is 7.46. The zero-order valence-corrected chi connectivity index (χ0v) is 17.0. The molecule has 0 aromatic carbocycles. The highest BCUT2D eigenvalue weighted by Crippen LogP contribution is 2.41. The number of hydrogen-bond donors (Lipinski definition) is 0. The van der Waals surface area contributed by atoms with Crippen LogP contribution in [0, 0.1) is 11.3 Å². The second-order valence-corrected chi connectivity index (χ2v) is 7.46. The van der Waals surface area contributed by atoms with Gasteiger partial charge in [-0.25, -0.2) is 4.98 Å². The van der Waals surface area contributed by atoms with Crippen LogP contribution >= 0.6 is 0 Å². The summed E-state index contributed by atoms with van der Waals surface area (Å²) in [7, 11) is 2.25. The van der Waals surface area contributed by atoms with Crippen molar-refractivity contribution in [2.45, 2.75) is 40.5 Å². The first-order valence-electron chi connectivity index (χ1n) is 10.3. The van der Waals surface area contributed by atoms with Crippen molar-refractivity contribution in [3.8, 4) is 0 Å². The highest BCUT2D eigenvalue weighted by atomic mass is 15.3. The van der Waals surface area contributed by atoms with Crippen molar-refractivity contribution in [1.82, 2.24) is 14.8 Å². The van der Waals surface area contributed by atoms with E-state index in [1.54, 1.807) is 0 Å². The lowest BCUT2D eigenvalue weighted by Crippen LogP contribution is -2.72. The Hall–Kier alpha value is -1.13. The number of rotatable bonds is 3. The summed E-state index contributed by atoms with van der Waals surface area (Å²) < 4.78 is 0. The molecule has 0 unspecified atom stereocenters. The van der Waals surface area contributed by atoms with Crippen molar-refractivity contribution in [2.75, 3.05) is 57.8 Å². The minimum atomic E-state index is 0.586. The van der Waals surface area contributed by atoms with Gasteiger partial charge in [-0.2, -0.15) is 0 Å². The van der Waals surface area contributed by atoms with Gasteiger partial charge in [-0.05, 0) is 51.0 Å². The van der Waals surface area contributed by atoms with Crippen LogP contribution < -0.4 is 4.90 Å². The number of aromatic nitrogens is 1. The summed E-state index contributed by atoms with van der Waals surface area (Å²) in [6.07, 6.45) is 4.67. The van der Waals surface area contributed by atoms with Gasteiger partial charge in [0.2, 0.25) is 0 Å². The first-order valence-corrected chi connectivity index (χ1v) is 10.3. The Kier molecular flexibility index (Phi) is 7.70. The van der Waals surface area contributed by atoms with Gasteiger partial charge in [-0.3, -0.25) is 0 Å². The molecule has 0 saturated carbocycles. The van der Waals surface area contributed by atoms with E-state index in [4.69, 9.17) is 0 Å². The molecule has 4 heterocycles. The minimum absolute atomic E-state index is 0.586. The molecule has 0 aliphatic carbocycles. The fraction of sp³-hybridized carbons (Fsp3) is 0.762. The topological polar surface area (TPSA) is 22.6 Å². The molecular formula is C21H38N4. The standard InChI is InChI=1S/C17H26N4.2C2H6/c1-19-8-5-15(6-9-19)10-20-11-17(12-20)13-21(14-17)16-4-2-3-7-18-16;2*1-2/h2-4,7,15H,5-6,8-14H2,1H3;2*1-2H3. The van der Waals surface area contributed by atoms with Gasteiger partial charge < -0.3 is 14.7 Å². The smallest absolute Gasteiger partial charge is 0.128 e. The molecule has 25 heavy (non-hydrogen) atoms. The molecule has 3 saturated heterocycles. The molecule has 1 spiro atoms.